The van der Waals surface area contributed by atoms with E-state index in [-0.39, 0.29) is 12.4 Å². The van der Waals surface area contributed by atoms with Crippen molar-refractivity contribution in [3.63, 3.8) is 0 Å². The van der Waals surface area contributed by atoms with Crippen molar-refractivity contribution in [2.75, 3.05) is 19.7 Å². The second kappa shape index (κ2) is 8.55. The van der Waals surface area contributed by atoms with Gasteiger partial charge in [0.25, 0.3) is 0 Å². The molecule has 124 valence electrons. The molecule has 0 aliphatic carbocycles. The lowest BCUT2D eigenvalue weighted by Gasteiger charge is -2.30. The van der Waals surface area contributed by atoms with E-state index in [1.54, 1.807) is 12.1 Å². The number of ether oxygens (including phenoxy) is 1. The number of nitrogens with zero attached hydrogens (tertiary/aromatic N) is 1. The van der Waals surface area contributed by atoms with Crippen LogP contribution in [0.1, 0.15) is 11.1 Å². The minimum atomic E-state index is -0.499. The first-order valence-electron chi connectivity index (χ1n) is 7.56. The normalized spacial score (nSPS) is 15.4. The number of aliphatic hydroxyl groups is 1. The zero-order valence-corrected chi connectivity index (χ0v) is 14.3. The number of hydrogen-bond donors (Lipinski definition) is 1. The van der Waals surface area contributed by atoms with Gasteiger partial charge in [0.1, 0.15) is 18.5 Å². The van der Waals surface area contributed by atoms with Gasteiger partial charge in [-0.25, -0.2) is 0 Å². The Bertz CT molecular complexity index is 619. The summed E-state index contributed by atoms with van der Waals surface area (Å²) >= 11 is 5.83. The van der Waals surface area contributed by atoms with E-state index in [2.05, 4.69) is 29.2 Å². The molecule has 1 N–H and O–H groups in total. The van der Waals surface area contributed by atoms with Crippen LogP contribution < -0.4 is 17.1 Å². The molecule has 0 radical (unpaired) electrons. The average molecular weight is 353 g/mol. The van der Waals surface area contributed by atoms with Crippen LogP contribution in [-0.4, -0.2) is 35.8 Å². The van der Waals surface area contributed by atoms with Crippen LogP contribution in [0, 0.1) is 0 Å². The summed E-state index contributed by atoms with van der Waals surface area (Å²) < 4.78 is 5.60. The highest BCUT2D eigenvalue weighted by atomic mass is 35.5. The molecule has 0 spiro atoms. The molecule has 2 aromatic rings. The van der Waals surface area contributed by atoms with Crippen molar-refractivity contribution in [2.24, 2.45) is 0 Å². The molecule has 1 aliphatic rings. The number of β-amino-alcohol motifs (C(OH)–C–C–N with tert-alkyl or cyclic N) is 1. The molecule has 23 heavy (non-hydrogen) atoms. The summed E-state index contributed by atoms with van der Waals surface area (Å²) in [6, 6.07) is 15.7. The van der Waals surface area contributed by atoms with Crippen LogP contribution in [0.4, 0.5) is 0 Å². The number of fused-ring (bicyclic) bond motifs is 1. The lowest BCUT2D eigenvalue weighted by Crippen LogP contribution is -3.00. The van der Waals surface area contributed by atoms with Crippen molar-refractivity contribution in [2.45, 2.75) is 19.1 Å². The molecule has 0 aromatic heterocycles. The molecule has 0 saturated heterocycles. The first-order chi connectivity index (χ1) is 10.7. The van der Waals surface area contributed by atoms with Crippen molar-refractivity contribution < 1.29 is 22.3 Å². The quantitative estimate of drug-likeness (QED) is 0.830. The number of hydrogen-bond acceptors (Lipinski definition) is 3. The van der Waals surface area contributed by atoms with Crippen molar-refractivity contribution in [1.29, 1.82) is 0 Å². The van der Waals surface area contributed by atoms with Crippen molar-refractivity contribution >= 4 is 11.6 Å². The lowest BCUT2D eigenvalue weighted by atomic mass is 10.00. The Balaban J connectivity index is 0.00000192. The minimum absolute atomic E-state index is 0. The first kappa shape index (κ1) is 18.1. The van der Waals surface area contributed by atoms with Crippen LogP contribution in [0.2, 0.25) is 5.02 Å². The van der Waals surface area contributed by atoms with Crippen molar-refractivity contribution in [3.05, 3.63) is 64.7 Å². The van der Waals surface area contributed by atoms with Crippen LogP contribution in [0.3, 0.4) is 0 Å². The highest BCUT2D eigenvalue weighted by Crippen LogP contribution is 2.19. The summed E-state index contributed by atoms with van der Waals surface area (Å²) in [7, 11) is 0. The van der Waals surface area contributed by atoms with Crippen molar-refractivity contribution in [1.82, 2.24) is 4.90 Å². The Kier molecular flexibility index (Phi) is 6.72. The summed E-state index contributed by atoms with van der Waals surface area (Å²) in [4.78, 5) is 2.28. The SMILES string of the molecule is OC(COc1ccc(Cl)cc1)CN1CCc2ccccc2C1.[Cl-]. The lowest BCUT2D eigenvalue weighted by molar-refractivity contribution is -0.00000682. The second-order valence-corrected chi connectivity index (χ2v) is 6.11. The number of halogens is 2. The monoisotopic (exact) mass is 352 g/mol. The van der Waals surface area contributed by atoms with E-state index in [9.17, 15) is 5.11 Å². The zero-order valence-electron chi connectivity index (χ0n) is 12.8. The second-order valence-electron chi connectivity index (χ2n) is 5.67. The van der Waals surface area contributed by atoms with Gasteiger partial charge in [-0.05, 0) is 41.8 Å². The van der Waals surface area contributed by atoms with E-state index >= 15 is 0 Å². The Labute approximate surface area is 148 Å². The molecule has 1 heterocycles. The molecule has 3 rings (SSSR count). The molecule has 1 atom stereocenters. The van der Waals surface area contributed by atoms with E-state index in [0.717, 1.165) is 25.3 Å². The predicted molar refractivity (Wildman–Crippen MR) is 88.4 cm³/mol. The summed E-state index contributed by atoms with van der Waals surface area (Å²) in [5.74, 6) is 0.729. The Morgan fingerprint density at radius 2 is 1.78 bits per heavy atom. The van der Waals surface area contributed by atoms with Gasteiger partial charge in [-0.2, -0.15) is 0 Å². The highest BCUT2D eigenvalue weighted by molar-refractivity contribution is 6.30. The predicted octanol–water partition coefficient (Wildman–Crippen LogP) is 0.142. The van der Waals surface area contributed by atoms with Gasteiger partial charge in [0.2, 0.25) is 0 Å². The third-order valence-electron chi connectivity index (χ3n) is 3.93. The van der Waals surface area contributed by atoms with Gasteiger partial charge in [-0.1, -0.05) is 35.9 Å². The Hall–Kier alpha value is -1.26. The average Bonchev–Trinajstić information content (AvgIpc) is 2.54. The molecular weight excluding hydrogens is 333 g/mol. The van der Waals surface area contributed by atoms with Crippen LogP contribution >= 0.6 is 11.6 Å². The van der Waals surface area contributed by atoms with Crippen LogP contribution in [0.5, 0.6) is 5.75 Å². The topological polar surface area (TPSA) is 32.7 Å². The van der Waals surface area contributed by atoms with Crippen LogP contribution in [-0.2, 0) is 13.0 Å². The van der Waals surface area contributed by atoms with Gasteiger partial charge in [-0.3, -0.25) is 4.90 Å². The van der Waals surface area contributed by atoms with Gasteiger partial charge in [0, 0.05) is 24.7 Å². The third-order valence-corrected chi connectivity index (χ3v) is 4.19. The summed E-state index contributed by atoms with van der Waals surface area (Å²) in [6.45, 7) is 2.80. The zero-order chi connectivity index (χ0) is 15.4. The number of rotatable bonds is 5. The van der Waals surface area contributed by atoms with Gasteiger partial charge in [0.15, 0.2) is 0 Å². The van der Waals surface area contributed by atoms with E-state index in [4.69, 9.17) is 16.3 Å². The molecular formula is C18H20Cl2NO2-. The minimum Gasteiger partial charge on any atom is -1.00 e. The number of benzene rings is 2. The van der Waals surface area contributed by atoms with Gasteiger partial charge < -0.3 is 22.3 Å². The van der Waals surface area contributed by atoms with Crippen LogP contribution in [0.15, 0.2) is 48.5 Å². The maximum absolute atomic E-state index is 10.2. The molecule has 0 amide bonds. The van der Waals surface area contributed by atoms with Gasteiger partial charge in [-0.15, -0.1) is 0 Å². The fourth-order valence-electron chi connectivity index (χ4n) is 2.78. The molecule has 5 heteroatoms. The van der Waals surface area contributed by atoms with E-state index in [1.807, 2.05) is 12.1 Å². The van der Waals surface area contributed by atoms with Crippen LogP contribution in [0.25, 0.3) is 0 Å². The molecule has 3 nitrogen and oxygen atoms in total. The molecule has 0 fully saturated rings. The largest absolute Gasteiger partial charge is 1.00 e. The summed E-state index contributed by atoms with van der Waals surface area (Å²) in [5.41, 5.74) is 2.78. The molecule has 1 unspecified atom stereocenters. The van der Waals surface area contributed by atoms with E-state index in [1.165, 1.54) is 11.1 Å². The molecule has 1 aliphatic heterocycles. The summed E-state index contributed by atoms with van der Waals surface area (Å²) in [6.07, 6.45) is 0.543. The van der Waals surface area contributed by atoms with Gasteiger partial charge in [0.05, 0.1) is 0 Å². The van der Waals surface area contributed by atoms with Crippen molar-refractivity contribution in [3.8, 4) is 5.75 Å². The standard InChI is InChI=1S/C18H20ClNO2.ClH/c19-16-5-7-18(8-6-16)22-13-17(21)12-20-10-9-14-3-1-2-4-15(14)11-20;/h1-8,17,21H,9-13H2;1H/p-1. The maximum Gasteiger partial charge on any atom is 0.119 e. The summed E-state index contributed by atoms with van der Waals surface area (Å²) in [5, 5.41) is 10.9. The van der Waals surface area contributed by atoms with E-state index < -0.39 is 6.10 Å². The Morgan fingerprint density at radius 3 is 2.52 bits per heavy atom. The van der Waals surface area contributed by atoms with Gasteiger partial charge >= 0.3 is 0 Å². The molecule has 0 bridgehead atoms. The first-order valence-corrected chi connectivity index (χ1v) is 7.94. The Morgan fingerprint density at radius 1 is 1.09 bits per heavy atom. The number of aliphatic hydroxyl groups excluding tert-OH is 1. The molecule has 0 saturated carbocycles. The smallest absolute Gasteiger partial charge is 0.119 e. The fourth-order valence-corrected chi connectivity index (χ4v) is 2.91. The fraction of sp³-hybridized carbons (Fsp3) is 0.333. The van der Waals surface area contributed by atoms with E-state index in [0.29, 0.717) is 18.2 Å². The maximum atomic E-state index is 10.2. The molecule has 2 aromatic carbocycles. The highest BCUT2D eigenvalue weighted by Gasteiger charge is 2.18. The third kappa shape index (κ3) is 5.11.